The van der Waals surface area contributed by atoms with Gasteiger partial charge < -0.3 is 0 Å². The second kappa shape index (κ2) is 5.38. The summed E-state index contributed by atoms with van der Waals surface area (Å²) in [5, 5.41) is 8.45. The molecule has 0 saturated heterocycles. The van der Waals surface area contributed by atoms with Crippen molar-refractivity contribution in [2.24, 2.45) is 14.1 Å². The minimum absolute atomic E-state index is 0.0783. The molecule has 0 unspecified atom stereocenters. The Morgan fingerprint density at radius 3 is 2.27 bits per heavy atom. The SMILES string of the molecule is CC(C)n1c2c(=O)n(C)c(=O)n(C)c2n2c(-c3ccc(F)cc3)nnc12. The fourth-order valence-corrected chi connectivity index (χ4v) is 3.28. The molecule has 26 heavy (non-hydrogen) atoms. The molecule has 0 aliphatic heterocycles. The van der Waals surface area contributed by atoms with Gasteiger partial charge >= 0.3 is 5.69 Å². The quantitative estimate of drug-likeness (QED) is 0.545. The van der Waals surface area contributed by atoms with Crippen molar-refractivity contribution in [3.05, 3.63) is 50.9 Å². The Kier molecular flexibility index (Phi) is 3.36. The lowest BCUT2D eigenvalue weighted by Crippen LogP contribution is -2.38. The Hall–Kier alpha value is -3.23. The van der Waals surface area contributed by atoms with Gasteiger partial charge in [0.1, 0.15) is 5.82 Å². The van der Waals surface area contributed by atoms with Crippen molar-refractivity contribution in [1.82, 2.24) is 28.3 Å². The van der Waals surface area contributed by atoms with Crippen LogP contribution in [0.1, 0.15) is 19.9 Å². The van der Waals surface area contributed by atoms with E-state index in [4.69, 9.17) is 0 Å². The van der Waals surface area contributed by atoms with E-state index in [1.807, 2.05) is 13.8 Å². The summed E-state index contributed by atoms with van der Waals surface area (Å²) in [6, 6.07) is 5.75. The van der Waals surface area contributed by atoms with E-state index in [9.17, 15) is 14.0 Å². The molecule has 0 radical (unpaired) electrons. The fraction of sp³-hybridized carbons (Fsp3) is 0.294. The summed E-state index contributed by atoms with van der Waals surface area (Å²) < 4.78 is 19.2. The molecule has 0 saturated carbocycles. The summed E-state index contributed by atoms with van der Waals surface area (Å²) >= 11 is 0. The van der Waals surface area contributed by atoms with Gasteiger partial charge in [-0.25, -0.2) is 13.6 Å². The third-order valence-corrected chi connectivity index (χ3v) is 4.54. The first-order valence-electron chi connectivity index (χ1n) is 8.14. The van der Waals surface area contributed by atoms with Crippen LogP contribution in [0.25, 0.3) is 28.3 Å². The minimum Gasteiger partial charge on any atom is -0.300 e. The monoisotopic (exact) mass is 356 g/mol. The van der Waals surface area contributed by atoms with Gasteiger partial charge in [-0.05, 0) is 38.1 Å². The molecular formula is C17H17FN6O2. The van der Waals surface area contributed by atoms with Crippen molar-refractivity contribution in [1.29, 1.82) is 0 Å². The van der Waals surface area contributed by atoms with Crippen molar-refractivity contribution >= 4 is 16.9 Å². The topological polar surface area (TPSA) is 79.1 Å². The maximum Gasteiger partial charge on any atom is 0.332 e. The van der Waals surface area contributed by atoms with E-state index in [0.717, 1.165) is 4.57 Å². The number of benzene rings is 1. The number of hydrogen-bond acceptors (Lipinski definition) is 4. The molecule has 9 heteroatoms. The summed E-state index contributed by atoms with van der Waals surface area (Å²) in [6.07, 6.45) is 0. The number of imidazole rings is 1. The Morgan fingerprint density at radius 1 is 1.00 bits per heavy atom. The first-order chi connectivity index (χ1) is 12.3. The molecule has 0 N–H and O–H groups in total. The highest BCUT2D eigenvalue weighted by Gasteiger charge is 2.25. The molecule has 3 aromatic heterocycles. The van der Waals surface area contributed by atoms with Crippen LogP contribution in [-0.4, -0.2) is 28.3 Å². The second-order valence-electron chi connectivity index (χ2n) is 6.51. The molecule has 1 aromatic carbocycles. The average molecular weight is 356 g/mol. The molecular weight excluding hydrogens is 339 g/mol. The Balaban J connectivity index is 2.27. The molecule has 0 fully saturated rings. The number of hydrogen-bond donors (Lipinski definition) is 0. The van der Waals surface area contributed by atoms with Gasteiger partial charge in [-0.1, -0.05) is 0 Å². The Labute approximate surface area is 146 Å². The van der Waals surface area contributed by atoms with Crippen LogP contribution in [0.5, 0.6) is 0 Å². The van der Waals surface area contributed by atoms with Gasteiger partial charge in [0, 0.05) is 25.7 Å². The number of halogens is 1. The van der Waals surface area contributed by atoms with Gasteiger partial charge in [0.05, 0.1) is 0 Å². The summed E-state index contributed by atoms with van der Waals surface area (Å²) in [5.41, 5.74) is 0.579. The van der Waals surface area contributed by atoms with Gasteiger partial charge in [0.2, 0.25) is 5.78 Å². The third-order valence-electron chi connectivity index (χ3n) is 4.54. The zero-order valence-corrected chi connectivity index (χ0v) is 14.8. The van der Waals surface area contributed by atoms with Crippen LogP contribution in [0.3, 0.4) is 0 Å². The van der Waals surface area contributed by atoms with Gasteiger partial charge in [-0.2, -0.15) is 0 Å². The maximum atomic E-state index is 13.3. The highest BCUT2D eigenvalue weighted by molar-refractivity contribution is 5.80. The number of nitrogens with zero attached hydrogens (tertiary/aromatic N) is 6. The number of aromatic nitrogens is 6. The zero-order valence-electron chi connectivity index (χ0n) is 14.8. The van der Waals surface area contributed by atoms with Gasteiger partial charge in [-0.15, -0.1) is 10.2 Å². The van der Waals surface area contributed by atoms with Crippen LogP contribution in [0.2, 0.25) is 0 Å². The summed E-state index contributed by atoms with van der Waals surface area (Å²) in [4.78, 5) is 25.3. The van der Waals surface area contributed by atoms with Crippen LogP contribution in [0.4, 0.5) is 4.39 Å². The second-order valence-corrected chi connectivity index (χ2v) is 6.51. The minimum atomic E-state index is -0.441. The maximum absolute atomic E-state index is 13.3. The lowest BCUT2D eigenvalue weighted by Gasteiger charge is -2.09. The first-order valence-corrected chi connectivity index (χ1v) is 8.14. The molecule has 8 nitrogen and oxygen atoms in total. The lowest BCUT2D eigenvalue weighted by molar-refractivity contribution is 0.622. The number of rotatable bonds is 2. The Morgan fingerprint density at radius 2 is 1.65 bits per heavy atom. The average Bonchev–Trinajstić information content (AvgIpc) is 3.16. The van der Waals surface area contributed by atoms with E-state index in [1.165, 1.54) is 23.7 Å². The predicted octanol–water partition coefficient (Wildman–Crippen LogP) is 1.47. The molecule has 3 heterocycles. The van der Waals surface area contributed by atoms with E-state index in [1.54, 1.807) is 28.1 Å². The van der Waals surface area contributed by atoms with E-state index in [2.05, 4.69) is 10.2 Å². The zero-order chi connectivity index (χ0) is 18.7. The van der Waals surface area contributed by atoms with Crippen molar-refractivity contribution in [2.45, 2.75) is 19.9 Å². The first kappa shape index (κ1) is 16.2. The smallest absolute Gasteiger partial charge is 0.300 e. The van der Waals surface area contributed by atoms with E-state index >= 15 is 0 Å². The molecule has 0 aliphatic carbocycles. The van der Waals surface area contributed by atoms with Crippen molar-refractivity contribution < 1.29 is 4.39 Å². The van der Waals surface area contributed by atoms with Gasteiger partial charge in [0.25, 0.3) is 5.56 Å². The van der Waals surface area contributed by atoms with E-state index < -0.39 is 11.2 Å². The molecule has 0 aliphatic rings. The standard InChI is InChI=1S/C17H17FN6O2/c1-9(2)23-12-14(21(3)17(26)22(4)15(12)25)24-13(19-20-16(23)24)10-5-7-11(18)8-6-10/h5-9H,1-4H3. The highest BCUT2D eigenvalue weighted by atomic mass is 19.1. The van der Waals surface area contributed by atoms with Crippen molar-refractivity contribution in [2.75, 3.05) is 0 Å². The van der Waals surface area contributed by atoms with Crippen LogP contribution in [-0.2, 0) is 14.1 Å². The Bertz CT molecular complexity index is 1270. The van der Waals surface area contributed by atoms with Crippen LogP contribution < -0.4 is 11.2 Å². The molecule has 0 spiro atoms. The van der Waals surface area contributed by atoms with Crippen LogP contribution in [0.15, 0.2) is 33.9 Å². The molecule has 4 aromatic rings. The lowest BCUT2D eigenvalue weighted by atomic mass is 10.2. The molecule has 4 rings (SSSR count). The van der Waals surface area contributed by atoms with Gasteiger partial charge in [-0.3, -0.25) is 18.5 Å². The molecule has 0 amide bonds. The van der Waals surface area contributed by atoms with Crippen molar-refractivity contribution in [3.8, 4) is 11.4 Å². The summed E-state index contributed by atoms with van der Waals surface area (Å²) in [6.45, 7) is 3.85. The largest absolute Gasteiger partial charge is 0.332 e. The number of fused-ring (bicyclic) bond motifs is 3. The highest BCUT2D eigenvalue weighted by Crippen LogP contribution is 2.26. The number of aryl methyl sites for hydroxylation is 1. The molecule has 134 valence electrons. The van der Waals surface area contributed by atoms with E-state index in [-0.39, 0.29) is 11.9 Å². The van der Waals surface area contributed by atoms with Crippen LogP contribution in [0, 0.1) is 5.82 Å². The molecule has 0 bridgehead atoms. The van der Waals surface area contributed by atoms with Crippen LogP contribution >= 0.6 is 0 Å². The normalized spacial score (nSPS) is 11.9. The third kappa shape index (κ3) is 2.00. The predicted molar refractivity (Wildman–Crippen MR) is 94.7 cm³/mol. The van der Waals surface area contributed by atoms with Crippen molar-refractivity contribution in [3.63, 3.8) is 0 Å². The van der Waals surface area contributed by atoms with E-state index in [0.29, 0.717) is 28.3 Å². The summed E-state index contributed by atoms with van der Waals surface area (Å²) in [5.74, 6) is 0.528. The summed E-state index contributed by atoms with van der Waals surface area (Å²) in [7, 11) is 3.05. The fourth-order valence-electron chi connectivity index (χ4n) is 3.28. The molecule has 0 atom stereocenters. The van der Waals surface area contributed by atoms with Gasteiger partial charge in [0.15, 0.2) is 17.0 Å².